The lowest BCUT2D eigenvalue weighted by molar-refractivity contribution is 0.117. The zero-order valence-corrected chi connectivity index (χ0v) is 17.2. The van der Waals surface area contributed by atoms with Crippen LogP contribution < -0.4 is 14.8 Å². The van der Waals surface area contributed by atoms with Crippen LogP contribution in [0.4, 0.5) is 10.5 Å². The van der Waals surface area contributed by atoms with Gasteiger partial charge in [0.25, 0.3) is 0 Å². The van der Waals surface area contributed by atoms with Crippen LogP contribution in [-0.4, -0.2) is 30.9 Å². The van der Waals surface area contributed by atoms with Gasteiger partial charge in [-0.25, -0.2) is 4.79 Å². The van der Waals surface area contributed by atoms with E-state index in [0.717, 1.165) is 27.8 Å². The van der Waals surface area contributed by atoms with Gasteiger partial charge in [0.1, 0.15) is 16.9 Å². The number of aromatic nitrogens is 1. The summed E-state index contributed by atoms with van der Waals surface area (Å²) in [6, 6.07) is 8.03. The average Bonchev–Trinajstić information content (AvgIpc) is 3.21. The first kappa shape index (κ1) is 19.1. The van der Waals surface area contributed by atoms with Gasteiger partial charge in [-0.2, -0.15) is 4.98 Å². The molecule has 4 rings (SSSR count). The molecule has 7 heteroatoms. The van der Waals surface area contributed by atoms with Gasteiger partial charge in [0.15, 0.2) is 5.58 Å². The number of oxazole rings is 1. The average molecular weight is 396 g/mol. The van der Waals surface area contributed by atoms with Crippen molar-refractivity contribution in [1.82, 2.24) is 4.98 Å². The maximum absolute atomic E-state index is 11.7. The molecule has 3 aromatic rings. The SMILES string of the molecule is COC(=O)Nc1cc(C)cc2c1OC(C)(Cc1cc(C)cc3nc(OC)oc13)C2. The number of amides is 1. The van der Waals surface area contributed by atoms with Gasteiger partial charge in [0.05, 0.1) is 19.9 Å². The Morgan fingerprint density at radius 1 is 1.21 bits per heavy atom. The van der Waals surface area contributed by atoms with E-state index in [1.807, 2.05) is 26.0 Å². The number of anilines is 1. The fraction of sp³-hybridized carbons (Fsp3) is 0.364. The second-order valence-corrected chi connectivity index (χ2v) is 7.78. The van der Waals surface area contributed by atoms with Crippen molar-refractivity contribution in [2.24, 2.45) is 0 Å². The number of hydrogen-bond donors (Lipinski definition) is 1. The fourth-order valence-electron chi connectivity index (χ4n) is 4.00. The molecule has 152 valence electrons. The predicted octanol–water partition coefficient (Wildman–Crippen LogP) is 4.57. The smallest absolute Gasteiger partial charge is 0.411 e. The van der Waals surface area contributed by atoms with Crippen LogP contribution in [0.1, 0.15) is 29.2 Å². The van der Waals surface area contributed by atoms with Gasteiger partial charge in [0, 0.05) is 24.0 Å². The molecular formula is C22H24N2O5. The molecule has 0 radical (unpaired) electrons. The number of hydrogen-bond acceptors (Lipinski definition) is 6. The van der Waals surface area contributed by atoms with E-state index in [-0.39, 0.29) is 6.08 Å². The van der Waals surface area contributed by atoms with Crippen molar-refractivity contribution in [3.63, 3.8) is 0 Å². The van der Waals surface area contributed by atoms with Crippen LogP contribution in [0.15, 0.2) is 28.7 Å². The number of rotatable bonds is 4. The van der Waals surface area contributed by atoms with Crippen LogP contribution >= 0.6 is 0 Å². The number of aryl methyl sites for hydroxylation is 2. The maximum atomic E-state index is 11.7. The number of carbonyl (C=O) groups excluding carboxylic acids is 1. The maximum Gasteiger partial charge on any atom is 0.411 e. The highest BCUT2D eigenvalue weighted by molar-refractivity contribution is 5.87. The molecule has 0 bridgehead atoms. The Morgan fingerprint density at radius 2 is 1.97 bits per heavy atom. The lowest BCUT2D eigenvalue weighted by Gasteiger charge is -2.24. The highest BCUT2D eigenvalue weighted by Crippen LogP contribution is 2.43. The summed E-state index contributed by atoms with van der Waals surface area (Å²) in [6.45, 7) is 6.08. The normalized spacial score (nSPS) is 17.7. The minimum absolute atomic E-state index is 0.243. The molecule has 1 atom stereocenters. The number of carbonyl (C=O) groups is 1. The lowest BCUT2D eigenvalue weighted by atomic mass is 9.90. The quantitative estimate of drug-likeness (QED) is 0.696. The molecule has 2 aromatic carbocycles. The first-order valence-corrected chi connectivity index (χ1v) is 9.42. The van der Waals surface area contributed by atoms with Gasteiger partial charge in [-0.15, -0.1) is 0 Å². The van der Waals surface area contributed by atoms with E-state index in [0.29, 0.717) is 29.9 Å². The number of nitrogens with zero attached hydrogens (tertiary/aromatic N) is 1. The van der Waals surface area contributed by atoms with E-state index in [2.05, 4.69) is 29.4 Å². The molecule has 0 spiro atoms. The van der Waals surface area contributed by atoms with Crippen molar-refractivity contribution < 1.29 is 23.4 Å². The standard InChI is InChI=1S/C22H24N2O5/c1-12-6-14(18-16(8-12)24-21(27-5)28-18)10-22(3)11-15-7-13(2)9-17(19(15)29-22)23-20(25)26-4/h6-9H,10-11H2,1-5H3,(H,23,25). The summed E-state index contributed by atoms with van der Waals surface area (Å²) in [6.07, 6.45) is 1.05. The van der Waals surface area contributed by atoms with E-state index in [9.17, 15) is 4.79 Å². The monoisotopic (exact) mass is 396 g/mol. The molecule has 1 aliphatic heterocycles. The van der Waals surface area contributed by atoms with Gasteiger partial charge in [-0.1, -0.05) is 12.1 Å². The van der Waals surface area contributed by atoms with Crippen molar-refractivity contribution >= 4 is 22.9 Å². The molecule has 1 aromatic heterocycles. The van der Waals surface area contributed by atoms with Crippen molar-refractivity contribution in [3.8, 4) is 11.8 Å². The minimum Gasteiger partial charge on any atom is -0.484 e. The number of fused-ring (bicyclic) bond motifs is 2. The van der Waals surface area contributed by atoms with E-state index in [1.54, 1.807) is 0 Å². The summed E-state index contributed by atoms with van der Waals surface area (Å²) in [5.41, 5.74) is 5.78. The second kappa shape index (κ2) is 6.99. The van der Waals surface area contributed by atoms with Crippen LogP contribution in [-0.2, 0) is 17.6 Å². The first-order valence-electron chi connectivity index (χ1n) is 9.42. The third-order valence-corrected chi connectivity index (χ3v) is 5.08. The van der Waals surface area contributed by atoms with Gasteiger partial charge in [0.2, 0.25) is 0 Å². The predicted molar refractivity (Wildman–Crippen MR) is 109 cm³/mol. The number of nitrogens with one attached hydrogen (secondary N) is 1. The van der Waals surface area contributed by atoms with Crippen LogP contribution in [0.25, 0.3) is 11.1 Å². The zero-order chi connectivity index (χ0) is 20.8. The second-order valence-electron chi connectivity index (χ2n) is 7.78. The Labute approximate surface area is 169 Å². The topological polar surface area (TPSA) is 82.8 Å². The van der Waals surface area contributed by atoms with Crippen molar-refractivity contribution in [2.75, 3.05) is 19.5 Å². The summed E-state index contributed by atoms with van der Waals surface area (Å²) >= 11 is 0. The van der Waals surface area contributed by atoms with Gasteiger partial charge >= 0.3 is 12.2 Å². The Kier molecular flexibility index (Phi) is 4.61. The van der Waals surface area contributed by atoms with Gasteiger partial charge in [-0.05, 0) is 44.0 Å². The summed E-state index contributed by atoms with van der Waals surface area (Å²) < 4.78 is 22.1. The van der Waals surface area contributed by atoms with Crippen LogP contribution in [0.2, 0.25) is 0 Å². The molecule has 7 nitrogen and oxygen atoms in total. The third kappa shape index (κ3) is 3.60. The van der Waals surface area contributed by atoms with E-state index in [4.69, 9.17) is 18.6 Å². The molecule has 0 aliphatic carbocycles. The number of methoxy groups -OCH3 is 2. The molecule has 29 heavy (non-hydrogen) atoms. The summed E-state index contributed by atoms with van der Waals surface area (Å²) in [4.78, 5) is 16.1. The fourth-order valence-corrected chi connectivity index (χ4v) is 4.00. The largest absolute Gasteiger partial charge is 0.484 e. The molecule has 0 saturated carbocycles. The summed E-state index contributed by atoms with van der Waals surface area (Å²) in [5, 5.41) is 2.75. The van der Waals surface area contributed by atoms with Gasteiger partial charge < -0.3 is 18.6 Å². The first-order chi connectivity index (χ1) is 13.8. The highest BCUT2D eigenvalue weighted by atomic mass is 16.6. The Bertz CT molecular complexity index is 1100. The molecule has 1 N–H and O–H groups in total. The molecule has 0 fully saturated rings. The van der Waals surface area contributed by atoms with Crippen molar-refractivity contribution in [1.29, 1.82) is 0 Å². The van der Waals surface area contributed by atoms with Crippen LogP contribution in [0.5, 0.6) is 11.8 Å². The van der Waals surface area contributed by atoms with E-state index in [1.165, 1.54) is 14.2 Å². The van der Waals surface area contributed by atoms with Crippen LogP contribution in [0.3, 0.4) is 0 Å². The van der Waals surface area contributed by atoms with Crippen molar-refractivity contribution in [2.45, 2.75) is 39.2 Å². The minimum atomic E-state index is -0.524. The van der Waals surface area contributed by atoms with Gasteiger partial charge in [-0.3, -0.25) is 5.32 Å². The van der Waals surface area contributed by atoms with Crippen LogP contribution in [0, 0.1) is 13.8 Å². The molecule has 1 unspecified atom stereocenters. The molecule has 2 heterocycles. The van der Waals surface area contributed by atoms with E-state index < -0.39 is 11.7 Å². The highest BCUT2D eigenvalue weighted by Gasteiger charge is 2.38. The third-order valence-electron chi connectivity index (χ3n) is 5.08. The number of benzene rings is 2. The Balaban J connectivity index is 1.68. The summed E-state index contributed by atoms with van der Waals surface area (Å²) in [5.74, 6) is 0.683. The molecule has 1 aliphatic rings. The lowest BCUT2D eigenvalue weighted by Crippen LogP contribution is -2.33. The Morgan fingerprint density at radius 3 is 2.69 bits per heavy atom. The zero-order valence-electron chi connectivity index (χ0n) is 17.2. The molecule has 0 saturated heterocycles. The van der Waals surface area contributed by atoms with E-state index >= 15 is 0 Å². The molecular weight excluding hydrogens is 372 g/mol. The van der Waals surface area contributed by atoms with Crippen molar-refractivity contribution in [3.05, 3.63) is 46.5 Å². The summed E-state index contributed by atoms with van der Waals surface area (Å²) in [7, 11) is 2.87. The number of ether oxygens (including phenoxy) is 3. The Hall–Kier alpha value is -3.22. The molecule has 1 amide bonds.